The van der Waals surface area contributed by atoms with Crippen molar-refractivity contribution in [2.45, 2.75) is 39.2 Å². The maximum atomic E-state index is 12.8. The first-order chi connectivity index (χ1) is 15.7. The molecular formula is C23H24N6O2S. The third-order valence-corrected chi connectivity index (χ3v) is 6.59. The SMILES string of the molecule is CCCn1c(=O)c2sccc2n2c(CCC(=O)NCCc3c[nH]c4ccccc34)nnc12. The molecule has 164 valence electrons. The van der Waals surface area contributed by atoms with E-state index in [0.717, 1.165) is 23.9 Å². The number of para-hydroxylation sites is 1. The Balaban J connectivity index is 1.28. The summed E-state index contributed by atoms with van der Waals surface area (Å²) in [6.45, 7) is 3.19. The summed E-state index contributed by atoms with van der Waals surface area (Å²) in [6.07, 6.45) is 4.36. The number of carbonyl (C=O) groups is 1. The van der Waals surface area contributed by atoms with Crippen molar-refractivity contribution in [2.75, 3.05) is 6.54 Å². The minimum Gasteiger partial charge on any atom is -0.361 e. The van der Waals surface area contributed by atoms with E-state index in [4.69, 9.17) is 0 Å². The maximum absolute atomic E-state index is 12.8. The third-order valence-electron chi connectivity index (χ3n) is 5.69. The van der Waals surface area contributed by atoms with Gasteiger partial charge in [0.15, 0.2) is 0 Å². The molecule has 0 radical (unpaired) electrons. The normalized spacial score (nSPS) is 11.7. The van der Waals surface area contributed by atoms with Gasteiger partial charge in [0.05, 0.1) is 5.52 Å². The monoisotopic (exact) mass is 448 g/mol. The van der Waals surface area contributed by atoms with Crippen molar-refractivity contribution in [3.63, 3.8) is 0 Å². The molecule has 9 heteroatoms. The molecule has 0 bridgehead atoms. The molecule has 1 amide bonds. The van der Waals surface area contributed by atoms with Gasteiger partial charge >= 0.3 is 0 Å². The fourth-order valence-electron chi connectivity index (χ4n) is 4.16. The quantitative estimate of drug-likeness (QED) is 0.381. The second-order valence-electron chi connectivity index (χ2n) is 7.80. The number of carbonyl (C=O) groups excluding carboxylic acids is 1. The van der Waals surface area contributed by atoms with Crippen LogP contribution in [0.4, 0.5) is 0 Å². The van der Waals surface area contributed by atoms with Crippen LogP contribution in [-0.2, 0) is 24.2 Å². The van der Waals surface area contributed by atoms with Gasteiger partial charge in [0.25, 0.3) is 5.56 Å². The highest BCUT2D eigenvalue weighted by atomic mass is 32.1. The summed E-state index contributed by atoms with van der Waals surface area (Å²) in [6, 6.07) is 10.1. The van der Waals surface area contributed by atoms with Crippen LogP contribution in [0.1, 0.15) is 31.2 Å². The number of aryl methyl sites for hydroxylation is 2. The number of thiophene rings is 1. The summed E-state index contributed by atoms with van der Waals surface area (Å²) in [5, 5.41) is 14.7. The standard InChI is InChI=1S/C23H24N6O2S/c1-2-12-28-22(31)21-18(10-13-32-21)29-19(26-27-23(28)29)7-8-20(30)24-11-9-15-14-25-17-6-4-3-5-16(15)17/h3-6,10,13-14,25H,2,7-9,11-12H2,1H3,(H,24,30). The van der Waals surface area contributed by atoms with E-state index in [1.165, 1.54) is 22.3 Å². The highest BCUT2D eigenvalue weighted by Gasteiger charge is 2.17. The van der Waals surface area contributed by atoms with Crippen molar-refractivity contribution < 1.29 is 4.79 Å². The van der Waals surface area contributed by atoms with Crippen LogP contribution in [0, 0.1) is 0 Å². The molecule has 0 aliphatic heterocycles. The number of nitrogens with one attached hydrogen (secondary N) is 2. The molecule has 0 fully saturated rings. The van der Waals surface area contributed by atoms with E-state index < -0.39 is 0 Å². The van der Waals surface area contributed by atoms with Crippen LogP contribution in [0.5, 0.6) is 0 Å². The van der Waals surface area contributed by atoms with Gasteiger partial charge in [0.1, 0.15) is 10.5 Å². The summed E-state index contributed by atoms with van der Waals surface area (Å²) >= 11 is 1.42. The number of nitrogens with zero attached hydrogens (tertiary/aromatic N) is 4. The largest absolute Gasteiger partial charge is 0.361 e. The lowest BCUT2D eigenvalue weighted by Crippen LogP contribution is -2.26. The van der Waals surface area contributed by atoms with Gasteiger partial charge in [-0.05, 0) is 35.9 Å². The van der Waals surface area contributed by atoms with Gasteiger partial charge in [0, 0.05) is 43.0 Å². The molecule has 4 aromatic heterocycles. The van der Waals surface area contributed by atoms with E-state index in [2.05, 4.69) is 26.6 Å². The van der Waals surface area contributed by atoms with Gasteiger partial charge in [0.2, 0.25) is 11.7 Å². The summed E-state index contributed by atoms with van der Waals surface area (Å²) in [5.74, 6) is 1.21. The van der Waals surface area contributed by atoms with Crippen LogP contribution < -0.4 is 10.9 Å². The van der Waals surface area contributed by atoms with Crippen LogP contribution in [0.15, 0.2) is 46.7 Å². The molecule has 0 aliphatic rings. The van der Waals surface area contributed by atoms with E-state index in [-0.39, 0.29) is 11.5 Å². The van der Waals surface area contributed by atoms with E-state index in [1.54, 1.807) is 4.57 Å². The lowest BCUT2D eigenvalue weighted by Gasteiger charge is -2.08. The molecule has 5 aromatic rings. The van der Waals surface area contributed by atoms with Gasteiger partial charge in [-0.3, -0.25) is 18.6 Å². The smallest absolute Gasteiger partial charge is 0.272 e. The van der Waals surface area contributed by atoms with Crippen LogP contribution >= 0.6 is 11.3 Å². The van der Waals surface area contributed by atoms with Crippen LogP contribution in [0.3, 0.4) is 0 Å². The van der Waals surface area contributed by atoms with E-state index >= 15 is 0 Å². The number of fused-ring (bicyclic) bond motifs is 4. The van der Waals surface area contributed by atoms with E-state index in [9.17, 15) is 9.59 Å². The number of hydrogen-bond acceptors (Lipinski definition) is 5. The number of H-pyrrole nitrogens is 1. The molecule has 4 heterocycles. The predicted molar refractivity (Wildman–Crippen MR) is 126 cm³/mol. The minimum absolute atomic E-state index is 0.0231. The highest BCUT2D eigenvalue weighted by Crippen LogP contribution is 2.21. The number of rotatable bonds is 8. The van der Waals surface area contributed by atoms with Crippen LogP contribution in [0.2, 0.25) is 0 Å². The lowest BCUT2D eigenvalue weighted by atomic mass is 10.1. The van der Waals surface area contributed by atoms with Crippen molar-refractivity contribution in [2.24, 2.45) is 0 Å². The van der Waals surface area contributed by atoms with Crippen molar-refractivity contribution in [3.05, 3.63) is 63.7 Å². The van der Waals surface area contributed by atoms with Crippen LogP contribution in [-0.4, -0.2) is 36.6 Å². The molecule has 5 rings (SSSR count). The first-order valence-corrected chi connectivity index (χ1v) is 11.7. The van der Waals surface area contributed by atoms with Gasteiger partial charge in [-0.2, -0.15) is 0 Å². The summed E-state index contributed by atoms with van der Waals surface area (Å²) in [7, 11) is 0. The zero-order valence-electron chi connectivity index (χ0n) is 17.8. The summed E-state index contributed by atoms with van der Waals surface area (Å²) in [5.41, 5.74) is 3.08. The Morgan fingerprint density at radius 1 is 1.19 bits per heavy atom. The molecule has 2 N–H and O–H groups in total. The summed E-state index contributed by atoms with van der Waals surface area (Å²) < 4.78 is 4.29. The maximum Gasteiger partial charge on any atom is 0.272 e. The second-order valence-corrected chi connectivity index (χ2v) is 8.72. The first kappa shape index (κ1) is 20.4. The fourth-order valence-corrected chi connectivity index (χ4v) is 4.98. The molecule has 0 unspecified atom stereocenters. The molecule has 0 saturated carbocycles. The topological polar surface area (TPSA) is 97.1 Å². The van der Waals surface area contributed by atoms with Crippen molar-refractivity contribution in [1.29, 1.82) is 0 Å². The Hall–Kier alpha value is -3.46. The minimum atomic E-state index is -0.0293. The average molecular weight is 449 g/mol. The fraction of sp³-hybridized carbons (Fsp3) is 0.304. The van der Waals surface area contributed by atoms with Crippen molar-refractivity contribution in [3.8, 4) is 0 Å². The predicted octanol–water partition coefficient (Wildman–Crippen LogP) is 3.29. The molecule has 0 saturated heterocycles. The van der Waals surface area contributed by atoms with Gasteiger partial charge in [-0.25, -0.2) is 0 Å². The molecule has 0 spiro atoms. The number of aromatic amines is 1. The van der Waals surface area contributed by atoms with E-state index in [1.807, 2.05) is 47.2 Å². The summed E-state index contributed by atoms with van der Waals surface area (Å²) in [4.78, 5) is 28.5. The van der Waals surface area contributed by atoms with E-state index in [0.29, 0.717) is 42.2 Å². The third kappa shape index (κ3) is 3.58. The molecular weight excluding hydrogens is 424 g/mol. The highest BCUT2D eigenvalue weighted by molar-refractivity contribution is 7.17. The molecule has 0 aliphatic carbocycles. The molecule has 1 aromatic carbocycles. The second kappa shape index (κ2) is 8.58. The number of benzene rings is 1. The van der Waals surface area contributed by atoms with Crippen LogP contribution in [0.25, 0.3) is 26.9 Å². The Kier molecular flexibility index (Phi) is 5.48. The Morgan fingerprint density at radius 3 is 2.94 bits per heavy atom. The van der Waals surface area contributed by atoms with Crippen molar-refractivity contribution >= 4 is 44.1 Å². The number of aromatic nitrogens is 5. The lowest BCUT2D eigenvalue weighted by molar-refractivity contribution is -0.121. The average Bonchev–Trinajstić information content (AvgIpc) is 3.53. The Labute approximate surface area is 187 Å². The van der Waals surface area contributed by atoms with Gasteiger partial charge in [-0.15, -0.1) is 21.5 Å². The first-order valence-electron chi connectivity index (χ1n) is 10.8. The van der Waals surface area contributed by atoms with Gasteiger partial charge < -0.3 is 10.3 Å². The Bertz CT molecular complexity index is 1470. The Morgan fingerprint density at radius 2 is 2.06 bits per heavy atom. The molecule has 8 nitrogen and oxygen atoms in total. The van der Waals surface area contributed by atoms with Crippen molar-refractivity contribution in [1.82, 2.24) is 29.5 Å². The van der Waals surface area contributed by atoms with Gasteiger partial charge in [-0.1, -0.05) is 25.1 Å². The molecule has 0 atom stereocenters. The zero-order valence-corrected chi connectivity index (χ0v) is 18.6. The molecule has 32 heavy (non-hydrogen) atoms. The number of amides is 1. The number of hydrogen-bond donors (Lipinski definition) is 2. The zero-order chi connectivity index (χ0) is 22.1.